The van der Waals surface area contributed by atoms with Crippen molar-refractivity contribution in [2.45, 2.75) is 62.4 Å². The molecule has 6 heteroatoms. The zero-order valence-electron chi connectivity index (χ0n) is 22.0. The number of hydrogen-bond acceptors (Lipinski definition) is 4. The van der Waals surface area contributed by atoms with Crippen LogP contribution in [0.2, 0.25) is 0 Å². The van der Waals surface area contributed by atoms with Crippen LogP contribution in [0.4, 0.5) is 0 Å². The number of likely N-dealkylation sites (N-methyl/N-ethyl adjacent to an activating group) is 1. The van der Waals surface area contributed by atoms with Crippen LogP contribution < -0.4 is 10.7 Å². The highest BCUT2D eigenvalue weighted by Gasteiger charge is 2.59. The summed E-state index contributed by atoms with van der Waals surface area (Å²) in [6, 6.07) is 16.2. The molecule has 190 valence electrons. The zero-order chi connectivity index (χ0) is 25.7. The Morgan fingerprint density at radius 1 is 1.11 bits per heavy atom. The second kappa shape index (κ2) is 9.38. The van der Waals surface area contributed by atoms with Gasteiger partial charge in [0.25, 0.3) is 5.91 Å². The molecule has 5 nitrogen and oxygen atoms in total. The highest BCUT2D eigenvalue weighted by Crippen LogP contribution is 2.62. The topological polar surface area (TPSA) is 54.3 Å². The summed E-state index contributed by atoms with van der Waals surface area (Å²) in [6.07, 6.45) is 5.30. The van der Waals surface area contributed by atoms with Crippen LogP contribution in [0.3, 0.4) is 0 Å². The van der Waals surface area contributed by atoms with Crippen molar-refractivity contribution in [3.63, 3.8) is 0 Å². The average molecular weight is 504 g/mol. The van der Waals surface area contributed by atoms with Gasteiger partial charge >= 0.3 is 0 Å². The van der Waals surface area contributed by atoms with Gasteiger partial charge in [-0.05, 0) is 80.4 Å². The monoisotopic (exact) mass is 503 g/mol. The summed E-state index contributed by atoms with van der Waals surface area (Å²) in [5.41, 5.74) is 1.06. The summed E-state index contributed by atoms with van der Waals surface area (Å²) in [7, 11) is 4.07. The van der Waals surface area contributed by atoms with Gasteiger partial charge in [-0.1, -0.05) is 50.7 Å². The summed E-state index contributed by atoms with van der Waals surface area (Å²) >= 11 is 1.67. The minimum absolute atomic E-state index is 0.0347. The van der Waals surface area contributed by atoms with E-state index in [0.717, 1.165) is 34.7 Å². The van der Waals surface area contributed by atoms with E-state index < -0.39 is 0 Å². The van der Waals surface area contributed by atoms with E-state index in [1.807, 2.05) is 44.4 Å². The molecule has 1 N–H and O–H groups in total. The first-order chi connectivity index (χ1) is 17.1. The predicted molar refractivity (Wildman–Crippen MR) is 148 cm³/mol. The number of pyridine rings is 1. The summed E-state index contributed by atoms with van der Waals surface area (Å²) in [4.78, 5) is 31.6. The number of carbonyl (C=O) groups excluding carboxylic acids is 1. The minimum Gasteiger partial charge on any atom is -0.348 e. The molecule has 0 saturated heterocycles. The van der Waals surface area contributed by atoms with E-state index in [1.54, 1.807) is 18.0 Å². The van der Waals surface area contributed by atoms with E-state index in [0.29, 0.717) is 17.8 Å². The fraction of sp³-hybridized carbons (Fsp3) is 0.467. The maximum Gasteiger partial charge on any atom is 0.257 e. The zero-order valence-corrected chi connectivity index (χ0v) is 22.8. The number of nitrogens with one attached hydrogen (secondary N) is 1. The third-order valence-corrected chi connectivity index (χ3v) is 9.61. The van der Waals surface area contributed by atoms with Crippen LogP contribution in [0.1, 0.15) is 50.4 Å². The molecule has 0 aliphatic heterocycles. The van der Waals surface area contributed by atoms with E-state index in [4.69, 9.17) is 0 Å². The third-order valence-electron chi connectivity index (χ3n) is 8.61. The largest absolute Gasteiger partial charge is 0.348 e. The Balaban J connectivity index is 1.52. The molecule has 3 atom stereocenters. The number of fused-ring (bicyclic) bond motifs is 3. The average Bonchev–Trinajstić information content (AvgIpc) is 3.33. The summed E-state index contributed by atoms with van der Waals surface area (Å²) in [6.45, 7) is 8.35. The van der Waals surface area contributed by atoms with E-state index in [2.05, 4.69) is 53.8 Å². The van der Waals surface area contributed by atoms with Crippen LogP contribution in [-0.4, -0.2) is 42.1 Å². The smallest absolute Gasteiger partial charge is 0.257 e. The van der Waals surface area contributed by atoms with Crippen LogP contribution in [-0.2, 0) is 6.54 Å². The van der Waals surface area contributed by atoms with Gasteiger partial charge in [-0.2, -0.15) is 0 Å². The van der Waals surface area contributed by atoms with Gasteiger partial charge in [0.05, 0.1) is 5.52 Å². The Morgan fingerprint density at radius 3 is 2.53 bits per heavy atom. The Morgan fingerprint density at radius 2 is 1.86 bits per heavy atom. The van der Waals surface area contributed by atoms with E-state index in [-0.39, 0.29) is 33.8 Å². The highest BCUT2D eigenvalue weighted by atomic mass is 32.2. The Bertz CT molecular complexity index is 1340. The third kappa shape index (κ3) is 4.50. The second-order valence-corrected chi connectivity index (χ2v) is 12.9. The minimum atomic E-state index is -0.241. The second-order valence-electron chi connectivity index (χ2n) is 11.8. The van der Waals surface area contributed by atoms with Crippen molar-refractivity contribution in [3.05, 3.63) is 70.5 Å². The Kier molecular flexibility index (Phi) is 6.54. The summed E-state index contributed by atoms with van der Waals surface area (Å²) in [5, 5.41) is 3.93. The lowest BCUT2D eigenvalue weighted by Crippen LogP contribution is -2.53. The van der Waals surface area contributed by atoms with Crippen molar-refractivity contribution in [2.75, 3.05) is 20.6 Å². The van der Waals surface area contributed by atoms with E-state index in [1.165, 1.54) is 6.42 Å². The first-order valence-corrected chi connectivity index (χ1v) is 13.8. The van der Waals surface area contributed by atoms with Crippen molar-refractivity contribution >= 4 is 28.6 Å². The first-order valence-electron chi connectivity index (χ1n) is 12.9. The molecule has 36 heavy (non-hydrogen) atoms. The molecule has 1 aromatic heterocycles. The molecule has 0 spiro atoms. The molecule has 1 heterocycles. The first kappa shape index (κ1) is 25.1. The number of hydrogen-bond donors (Lipinski definition) is 1. The lowest BCUT2D eigenvalue weighted by Gasteiger charge is -2.43. The van der Waals surface area contributed by atoms with Crippen molar-refractivity contribution in [2.24, 2.45) is 16.7 Å². The van der Waals surface area contributed by atoms with Gasteiger partial charge in [-0.15, -0.1) is 0 Å². The molecule has 2 saturated carbocycles. The maximum atomic E-state index is 13.6. The van der Waals surface area contributed by atoms with Gasteiger partial charge in [0.15, 0.2) is 0 Å². The van der Waals surface area contributed by atoms with Crippen LogP contribution in [0.5, 0.6) is 0 Å². The van der Waals surface area contributed by atoms with E-state index in [9.17, 15) is 9.59 Å². The molecule has 3 aromatic rings. The summed E-state index contributed by atoms with van der Waals surface area (Å²) in [5.74, 6) is 0.386. The number of rotatable bonds is 7. The Hall–Kier alpha value is -2.57. The lowest BCUT2D eigenvalue weighted by atomic mass is 9.68. The molecule has 2 aliphatic carbocycles. The van der Waals surface area contributed by atoms with Crippen molar-refractivity contribution in [3.8, 4) is 0 Å². The van der Waals surface area contributed by atoms with Crippen LogP contribution >= 0.6 is 11.8 Å². The molecule has 2 aliphatic rings. The van der Waals surface area contributed by atoms with Gasteiger partial charge in [0.2, 0.25) is 5.43 Å². The SMILES string of the molecule is CN(C)CCn1cc(C(=O)N[C@@H]2C(C)(C)[C@H]3CC[C@]2(C)C3)c(=O)c2ccc(Sc3ccccc3)cc21. The number of benzene rings is 2. The molecular weight excluding hydrogens is 466 g/mol. The molecule has 2 fully saturated rings. The van der Waals surface area contributed by atoms with Gasteiger partial charge in [-0.3, -0.25) is 9.59 Å². The predicted octanol–water partition coefficient (Wildman–Crippen LogP) is 5.66. The molecule has 1 amide bonds. The van der Waals surface area contributed by atoms with Gasteiger partial charge in [0.1, 0.15) is 5.56 Å². The number of amides is 1. The van der Waals surface area contributed by atoms with Gasteiger partial charge in [0, 0.05) is 40.5 Å². The fourth-order valence-corrected chi connectivity index (χ4v) is 7.46. The van der Waals surface area contributed by atoms with Crippen LogP contribution in [0.15, 0.2) is 69.3 Å². The van der Waals surface area contributed by atoms with E-state index >= 15 is 0 Å². The fourth-order valence-electron chi connectivity index (χ4n) is 6.58. The molecule has 5 rings (SSSR count). The standard InChI is InChI=1S/C30H37N3O2S/c1-29(2)20-13-14-30(3,18-20)28(29)31-27(35)24-19-33(16-15-32(4)5)25-17-22(11-12-23(25)26(24)34)36-21-9-7-6-8-10-21/h6-12,17,19-20,28H,13-16,18H2,1-5H3,(H,31,35)/t20-,28+,30+/m0/s1. The van der Waals surface area contributed by atoms with Crippen molar-refractivity contribution < 1.29 is 4.79 Å². The van der Waals surface area contributed by atoms with Crippen LogP contribution in [0, 0.1) is 16.7 Å². The quantitative estimate of drug-likeness (QED) is 0.452. The normalized spacial score (nSPS) is 24.5. The van der Waals surface area contributed by atoms with Crippen molar-refractivity contribution in [1.82, 2.24) is 14.8 Å². The number of nitrogens with zero attached hydrogens (tertiary/aromatic N) is 2. The lowest BCUT2D eigenvalue weighted by molar-refractivity contribution is 0.0736. The molecular formula is C30H37N3O2S. The van der Waals surface area contributed by atoms with Crippen LogP contribution in [0.25, 0.3) is 10.9 Å². The molecule has 2 aromatic carbocycles. The Labute approximate surface area is 218 Å². The molecule has 0 unspecified atom stereocenters. The van der Waals surface area contributed by atoms with Crippen molar-refractivity contribution in [1.29, 1.82) is 0 Å². The maximum absolute atomic E-state index is 13.6. The molecule has 2 bridgehead atoms. The molecule has 0 radical (unpaired) electrons. The number of carbonyl (C=O) groups is 1. The highest BCUT2D eigenvalue weighted by molar-refractivity contribution is 7.99. The summed E-state index contributed by atoms with van der Waals surface area (Å²) < 4.78 is 2.08. The van der Waals surface area contributed by atoms with Gasteiger partial charge in [-0.25, -0.2) is 0 Å². The number of aromatic nitrogens is 1. The van der Waals surface area contributed by atoms with Gasteiger partial charge < -0.3 is 14.8 Å².